The molecule has 4 heterocycles. The third-order valence-electron chi connectivity index (χ3n) is 4.16. The van der Waals surface area contributed by atoms with Crippen LogP contribution in [0, 0.1) is 0 Å². The number of sulfone groups is 1. The van der Waals surface area contributed by atoms with Crippen LogP contribution in [0.5, 0.6) is 0 Å². The monoisotopic (exact) mass is 426 g/mol. The summed E-state index contributed by atoms with van der Waals surface area (Å²) in [6.07, 6.45) is -2.35. The summed E-state index contributed by atoms with van der Waals surface area (Å²) >= 11 is 0. The Labute approximate surface area is 161 Å². The van der Waals surface area contributed by atoms with Crippen LogP contribution in [0.3, 0.4) is 0 Å². The Morgan fingerprint density at radius 2 is 1.97 bits per heavy atom. The summed E-state index contributed by atoms with van der Waals surface area (Å²) in [4.78, 5) is 11.6. The molecule has 0 atom stereocenters. The summed E-state index contributed by atoms with van der Waals surface area (Å²) in [7, 11) is -2.19. The lowest BCUT2D eigenvalue weighted by atomic mass is 10.3. The smallest absolute Gasteiger partial charge is 0.373 e. The van der Waals surface area contributed by atoms with Crippen LogP contribution in [0.2, 0.25) is 0 Å². The molecule has 0 radical (unpaired) electrons. The van der Waals surface area contributed by atoms with Crippen LogP contribution < -0.4 is 5.32 Å². The van der Waals surface area contributed by atoms with Crippen molar-refractivity contribution in [3.63, 3.8) is 0 Å². The van der Waals surface area contributed by atoms with Gasteiger partial charge in [0.1, 0.15) is 23.4 Å². The van der Waals surface area contributed by atoms with Crippen molar-refractivity contribution in [2.75, 3.05) is 18.1 Å². The number of aromatic nitrogens is 7. The number of fused-ring (bicyclic) bond motifs is 2. The molecular weight excluding hydrogens is 413 g/mol. The number of halogens is 3. The van der Waals surface area contributed by atoms with Crippen LogP contribution in [-0.4, -0.2) is 55.4 Å². The van der Waals surface area contributed by atoms with Gasteiger partial charge in [0.05, 0.1) is 5.75 Å². The molecule has 0 aromatic carbocycles. The Morgan fingerprint density at radius 3 is 2.62 bits per heavy atom. The van der Waals surface area contributed by atoms with E-state index in [0.717, 1.165) is 16.9 Å². The average molecular weight is 426 g/mol. The van der Waals surface area contributed by atoms with Gasteiger partial charge in [0.25, 0.3) is 0 Å². The number of hydrogen-bond donors (Lipinski definition) is 1. The molecule has 14 heteroatoms. The molecule has 0 aliphatic carbocycles. The second kappa shape index (κ2) is 6.37. The molecule has 0 spiro atoms. The van der Waals surface area contributed by atoms with Crippen molar-refractivity contribution in [3.05, 3.63) is 30.4 Å². The average Bonchev–Trinajstić information content (AvgIpc) is 3.27. The molecule has 152 valence electrons. The normalized spacial score (nSPS) is 12.7. The van der Waals surface area contributed by atoms with Gasteiger partial charge in [-0.25, -0.2) is 27.9 Å². The predicted octanol–water partition coefficient (Wildman–Crippen LogP) is 1.69. The number of rotatable bonds is 4. The second-order valence-electron chi connectivity index (χ2n) is 5.91. The molecule has 0 aliphatic rings. The number of alkyl halides is 3. The summed E-state index contributed by atoms with van der Waals surface area (Å²) in [5.74, 6) is 0.0823. The highest BCUT2D eigenvalue weighted by Crippen LogP contribution is 2.32. The summed E-state index contributed by atoms with van der Waals surface area (Å²) < 4.78 is 66.3. The Morgan fingerprint density at radius 1 is 1.21 bits per heavy atom. The van der Waals surface area contributed by atoms with E-state index in [-0.39, 0.29) is 33.5 Å². The minimum atomic E-state index is -4.65. The lowest BCUT2D eigenvalue weighted by molar-refractivity contribution is -0.141. The molecule has 0 saturated heterocycles. The minimum absolute atomic E-state index is 0.00112. The third-order valence-corrected chi connectivity index (χ3v) is 5.80. The first-order valence-corrected chi connectivity index (χ1v) is 9.89. The van der Waals surface area contributed by atoms with E-state index in [1.807, 2.05) is 0 Å². The van der Waals surface area contributed by atoms with Gasteiger partial charge in [-0.1, -0.05) is 6.92 Å². The van der Waals surface area contributed by atoms with Crippen LogP contribution in [0.25, 0.3) is 22.7 Å². The van der Waals surface area contributed by atoms with Crippen LogP contribution in [-0.2, 0) is 16.0 Å². The van der Waals surface area contributed by atoms with E-state index in [9.17, 15) is 21.6 Å². The largest absolute Gasteiger partial charge is 0.433 e. The molecule has 0 unspecified atom stereocenters. The minimum Gasteiger partial charge on any atom is -0.373 e. The van der Waals surface area contributed by atoms with Gasteiger partial charge in [-0.3, -0.25) is 0 Å². The lowest BCUT2D eigenvalue weighted by Crippen LogP contribution is -2.08. The summed E-state index contributed by atoms with van der Waals surface area (Å²) in [6, 6.07) is 2.31. The van der Waals surface area contributed by atoms with Gasteiger partial charge in [0, 0.05) is 19.3 Å². The highest BCUT2D eigenvalue weighted by atomic mass is 32.2. The molecule has 0 aliphatic heterocycles. The molecule has 0 bridgehead atoms. The van der Waals surface area contributed by atoms with Gasteiger partial charge in [-0.2, -0.15) is 22.8 Å². The van der Waals surface area contributed by atoms with E-state index in [1.165, 1.54) is 17.6 Å². The molecule has 10 nitrogen and oxygen atoms in total. The first-order valence-electron chi connectivity index (χ1n) is 8.24. The number of anilines is 1. The van der Waals surface area contributed by atoms with E-state index >= 15 is 0 Å². The topological polar surface area (TPSA) is 119 Å². The van der Waals surface area contributed by atoms with Crippen molar-refractivity contribution in [2.24, 2.45) is 0 Å². The van der Waals surface area contributed by atoms with E-state index in [0.29, 0.717) is 5.82 Å². The Hall–Kier alpha value is -3.29. The second-order valence-corrected chi connectivity index (χ2v) is 8.10. The van der Waals surface area contributed by atoms with Gasteiger partial charge in [-0.15, -0.1) is 5.10 Å². The maximum Gasteiger partial charge on any atom is 0.433 e. The van der Waals surface area contributed by atoms with Gasteiger partial charge >= 0.3 is 6.18 Å². The van der Waals surface area contributed by atoms with Crippen LogP contribution in [0.15, 0.2) is 29.7 Å². The number of hydrogen-bond acceptors (Lipinski definition) is 8. The number of nitrogens with zero attached hydrogens (tertiary/aromatic N) is 7. The zero-order valence-corrected chi connectivity index (χ0v) is 15.8. The fourth-order valence-corrected chi connectivity index (χ4v) is 3.69. The van der Waals surface area contributed by atoms with Crippen LogP contribution in [0.4, 0.5) is 19.0 Å². The zero-order valence-electron chi connectivity index (χ0n) is 15.0. The fraction of sp³-hybridized carbons (Fsp3) is 0.267. The molecule has 4 aromatic rings. The van der Waals surface area contributed by atoms with Crippen molar-refractivity contribution < 1.29 is 21.6 Å². The molecule has 0 saturated carbocycles. The Balaban J connectivity index is 2.03. The van der Waals surface area contributed by atoms with Gasteiger partial charge < -0.3 is 5.32 Å². The van der Waals surface area contributed by atoms with Crippen molar-refractivity contribution in [1.82, 2.24) is 34.2 Å². The van der Waals surface area contributed by atoms with Crippen molar-refractivity contribution in [2.45, 2.75) is 18.1 Å². The first-order chi connectivity index (χ1) is 13.7. The summed E-state index contributed by atoms with van der Waals surface area (Å²) in [5.41, 5.74) is -1.14. The summed E-state index contributed by atoms with van der Waals surface area (Å²) in [5, 5.41) is 10.8. The van der Waals surface area contributed by atoms with Crippen molar-refractivity contribution >= 4 is 26.9 Å². The quantitative estimate of drug-likeness (QED) is 0.524. The van der Waals surface area contributed by atoms with Crippen LogP contribution >= 0.6 is 0 Å². The van der Waals surface area contributed by atoms with E-state index in [1.54, 1.807) is 13.1 Å². The zero-order chi connectivity index (χ0) is 21.0. The van der Waals surface area contributed by atoms with E-state index < -0.39 is 21.7 Å². The maximum absolute atomic E-state index is 12.9. The standard InChI is InChI=1S/C15H13F3N8O2S/c1-3-29(27,28)14-11(13-20-5-4-9(19-2)26(13)24-14)12-22-10-6-8(15(16,17)18)21-7-25(10)23-12/h4-7,19H,3H2,1-2H3. The van der Waals surface area contributed by atoms with E-state index in [4.69, 9.17) is 0 Å². The molecule has 4 rings (SSSR count). The van der Waals surface area contributed by atoms with Crippen LogP contribution in [0.1, 0.15) is 12.6 Å². The van der Waals surface area contributed by atoms with Gasteiger partial charge in [0.2, 0.25) is 0 Å². The number of nitrogens with one attached hydrogen (secondary N) is 1. The van der Waals surface area contributed by atoms with Gasteiger partial charge in [0.15, 0.2) is 32.0 Å². The molecule has 1 N–H and O–H groups in total. The van der Waals surface area contributed by atoms with Crippen molar-refractivity contribution in [1.29, 1.82) is 0 Å². The van der Waals surface area contributed by atoms with Crippen molar-refractivity contribution in [3.8, 4) is 11.4 Å². The lowest BCUT2D eigenvalue weighted by Gasteiger charge is -2.03. The highest BCUT2D eigenvalue weighted by molar-refractivity contribution is 7.91. The maximum atomic E-state index is 12.9. The molecule has 0 amide bonds. The molecular formula is C15H13F3N8O2S. The molecule has 0 fully saturated rings. The predicted molar refractivity (Wildman–Crippen MR) is 95.0 cm³/mol. The van der Waals surface area contributed by atoms with E-state index in [2.05, 4.69) is 30.5 Å². The SMILES string of the molecule is CCS(=O)(=O)c1nn2c(NC)ccnc2c1-c1nc2cc(C(F)(F)F)ncn2n1. The summed E-state index contributed by atoms with van der Waals surface area (Å²) in [6.45, 7) is 1.45. The highest BCUT2D eigenvalue weighted by Gasteiger charge is 2.34. The van der Waals surface area contributed by atoms with Gasteiger partial charge in [-0.05, 0) is 6.07 Å². The first kappa shape index (κ1) is 19.0. The molecule has 4 aromatic heterocycles. The fourth-order valence-electron chi connectivity index (χ4n) is 2.72. The Bertz CT molecular complexity index is 1340. The molecule has 29 heavy (non-hydrogen) atoms. The third kappa shape index (κ3) is 3.04. The Kier molecular flexibility index (Phi) is 4.18.